The van der Waals surface area contributed by atoms with Crippen molar-refractivity contribution in [3.05, 3.63) is 68.1 Å². The Morgan fingerprint density at radius 3 is 2.14 bits per heavy atom. The minimum atomic E-state index is -0.894. The SMILES string of the molecule is CN(Cc1ccc(C(=O)O)cc1)Cc1ccc(Br)c(Br)c1. The van der Waals surface area contributed by atoms with E-state index in [9.17, 15) is 4.79 Å². The summed E-state index contributed by atoms with van der Waals surface area (Å²) >= 11 is 6.96. The highest BCUT2D eigenvalue weighted by molar-refractivity contribution is 9.13. The predicted molar refractivity (Wildman–Crippen MR) is 90.4 cm³/mol. The molecular weight excluding hydrogens is 398 g/mol. The van der Waals surface area contributed by atoms with Crippen LogP contribution in [0.1, 0.15) is 21.5 Å². The summed E-state index contributed by atoms with van der Waals surface area (Å²) < 4.78 is 2.08. The van der Waals surface area contributed by atoms with Crippen LogP contribution in [0.2, 0.25) is 0 Å². The number of halogens is 2. The molecule has 0 saturated carbocycles. The Balaban J connectivity index is 1.99. The van der Waals surface area contributed by atoms with E-state index in [1.807, 2.05) is 25.2 Å². The summed E-state index contributed by atoms with van der Waals surface area (Å²) in [5.41, 5.74) is 2.63. The molecule has 0 aliphatic heterocycles. The monoisotopic (exact) mass is 411 g/mol. The Morgan fingerprint density at radius 1 is 1.00 bits per heavy atom. The highest BCUT2D eigenvalue weighted by Crippen LogP contribution is 2.24. The zero-order valence-corrected chi connectivity index (χ0v) is 14.7. The lowest BCUT2D eigenvalue weighted by atomic mass is 10.1. The number of carboxylic acid groups (broad SMARTS) is 1. The fourth-order valence-electron chi connectivity index (χ4n) is 2.07. The maximum Gasteiger partial charge on any atom is 0.335 e. The van der Waals surface area contributed by atoms with Crippen LogP contribution >= 0.6 is 31.9 Å². The summed E-state index contributed by atoms with van der Waals surface area (Å²) in [6.07, 6.45) is 0. The van der Waals surface area contributed by atoms with Crippen LogP contribution in [0, 0.1) is 0 Å². The molecule has 1 N–H and O–H groups in total. The van der Waals surface area contributed by atoms with Gasteiger partial charge in [0.1, 0.15) is 0 Å². The molecule has 0 aliphatic rings. The van der Waals surface area contributed by atoms with E-state index >= 15 is 0 Å². The lowest BCUT2D eigenvalue weighted by molar-refractivity contribution is 0.0697. The number of carbonyl (C=O) groups is 1. The second kappa shape index (κ2) is 7.20. The number of benzene rings is 2. The van der Waals surface area contributed by atoms with Crippen LogP contribution < -0.4 is 0 Å². The maximum absolute atomic E-state index is 10.8. The Bertz CT molecular complexity index is 641. The van der Waals surface area contributed by atoms with Gasteiger partial charge in [-0.1, -0.05) is 18.2 Å². The molecule has 21 heavy (non-hydrogen) atoms. The fourth-order valence-corrected chi connectivity index (χ4v) is 2.74. The van der Waals surface area contributed by atoms with E-state index in [0.717, 1.165) is 27.6 Å². The molecule has 5 heteroatoms. The predicted octanol–water partition coefficient (Wildman–Crippen LogP) is 4.54. The third kappa shape index (κ3) is 4.66. The number of nitrogens with zero attached hydrogens (tertiary/aromatic N) is 1. The first-order valence-corrected chi connectivity index (χ1v) is 7.99. The topological polar surface area (TPSA) is 40.5 Å². The van der Waals surface area contributed by atoms with Crippen molar-refractivity contribution in [1.82, 2.24) is 4.90 Å². The van der Waals surface area contributed by atoms with E-state index in [1.165, 1.54) is 5.56 Å². The number of hydrogen-bond donors (Lipinski definition) is 1. The van der Waals surface area contributed by atoms with Gasteiger partial charge in [0.05, 0.1) is 5.56 Å². The fraction of sp³-hybridized carbons (Fsp3) is 0.188. The zero-order chi connectivity index (χ0) is 15.4. The van der Waals surface area contributed by atoms with Gasteiger partial charge in [0.2, 0.25) is 0 Å². The second-order valence-electron chi connectivity index (χ2n) is 4.92. The maximum atomic E-state index is 10.8. The number of aromatic carboxylic acids is 1. The molecule has 0 fully saturated rings. The standard InChI is InChI=1S/C16H15Br2NO2/c1-19(10-12-4-7-14(17)15(18)8-12)9-11-2-5-13(6-3-11)16(20)21/h2-8H,9-10H2,1H3,(H,20,21). The van der Waals surface area contributed by atoms with E-state index in [2.05, 4.69) is 48.9 Å². The number of hydrogen-bond acceptors (Lipinski definition) is 2. The Hall–Kier alpha value is -1.17. The van der Waals surface area contributed by atoms with Crippen molar-refractivity contribution in [2.24, 2.45) is 0 Å². The van der Waals surface area contributed by atoms with Crippen molar-refractivity contribution in [2.45, 2.75) is 13.1 Å². The summed E-state index contributed by atoms with van der Waals surface area (Å²) in [5.74, 6) is -0.894. The average Bonchev–Trinajstić information content (AvgIpc) is 2.43. The third-order valence-electron chi connectivity index (χ3n) is 3.09. The van der Waals surface area contributed by atoms with Crippen LogP contribution in [-0.2, 0) is 13.1 Å². The molecule has 0 aromatic heterocycles. The molecule has 2 rings (SSSR count). The van der Waals surface area contributed by atoms with Gasteiger partial charge >= 0.3 is 5.97 Å². The molecule has 0 heterocycles. The Kier molecular flexibility index (Phi) is 5.56. The summed E-state index contributed by atoms with van der Waals surface area (Å²) in [6, 6.07) is 13.2. The van der Waals surface area contributed by atoms with Gasteiger partial charge in [-0.05, 0) is 74.3 Å². The van der Waals surface area contributed by atoms with Crippen molar-refractivity contribution in [1.29, 1.82) is 0 Å². The molecule has 0 bridgehead atoms. The molecule has 0 unspecified atom stereocenters. The van der Waals surface area contributed by atoms with Crippen molar-refractivity contribution in [3.8, 4) is 0 Å². The number of rotatable bonds is 5. The summed E-state index contributed by atoms with van der Waals surface area (Å²) in [6.45, 7) is 1.60. The van der Waals surface area contributed by atoms with Crippen molar-refractivity contribution in [3.63, 3.8) is 0 Å². The van der Waals surface area contributed by atoms with Crippen molar-refractivity contribution in [2.75, 3.05) is 7.05 Å². The highest BCUT2D eigenvalue weighted by atomic mass is 79.9. The summed E-state index contributed by atoms with van der Waals surface area (Å²) in [7, 11) is 2.04. The lowest BCUT2D eigenvalue weighted by Gasteiger charge is -2.17. The molecule has 0 amide bonds. The van der Waals surface area contributed by atoms with Gasteiger partial charge in [-0.25, -0.2) is 4.79 Å². The first kappa shape index (κ1) is 16.2. The number of carboxylic acids is 1. The quantitative estimate of drug-likeness (QED) is 0.783. The van der Waals surface area contributed by atoms with Crippen LogP contribution in [-0.4, -0.2) is 23.0 Å². The molecule has 0 saturated heterocycles. The van der Waals surface area contributed by atoms with Crippen LogP contribution in [0.3, 0.4) is 0 Å². The molecule has 2 aromatic carbocycles. The highest BCUT2D eigenvalue weighted by Gasteiger charge is 2.06. The van der Waals surface area contributed by atoms with Gasteiger partial charge in [0.15, 0.2) is 0 Å². The molecule has 0 radical (unpaired) electrons. The third-order valence-corrected chi connectivity index (χ3v) is 4.97. The van der Waals surface area contributed by atoms with Gasteiger partial charge in [0, 0.05) is 22.0 Å². The first-order chi connectivity index (χ1) is 9.95. The van der Waals surface area contributed by atoms with Crippen LogP contribution in [0.4, 0.5) is 0 Å². The molecule has 110 valence electrons. The summed E-state index contributed by atoms with van der Waals surface area (Å²) in [4.78, 5) is 13.0. The molecular formula is C16H15Br2NO2. The van der Waals surface area contributed by atoms with Gasteiger partial charge in [-0.15, -0.1) is 0 Å². The lowest BCUT2D eigenvalue weighted by Crippen LogP contribution is -2.17. The molecule has 0 spiro atoms. The van der Waals surface area contributed by atoms with Gasteiger partial charge in [-0.2, -0.15) is 0 Å². The van der Waals surface area contributed by atoms with E-state index in [4.69, 9.17) is 5.11 Å². The molecule has 2 aromatic rings. The Morgan fingerprint density at radius 2 is 1.57 bits per heavy atom. The first-order valence-electron chi connectivity index (χ1n) is 6.40. The van der Waals surface area contributed by atoms with Crippen molar-refractivity contribution < 1.29 is 9.90 Å². The molecule has 0 atom stereocenters. The second-order valence-corrected chi connectivity index (χ2v) is 6.63. The summed E-state index contributed by atoms with van der Waals surface area (Å²) in [5, 5.41) is 8.88. The van der Waals surface area contributed by atoms with Gasteiger partial charge < -0.3 is 5.11 Å². The normalized spacial score (nSPS) is 10.9. The van der Waals surface area contributed by atoms with Crippen LogP contribution in [0.5, 0.6) is 0 Å². The van der Waals surface area contributed by atoms with E-state index in [1.54, 1.807) is 12.1 Å². The van der Waals surface area contributed by atoms with Crippen LogP contribution in [0.15, 0.2) is 51.4 Å². The average molecular weight is 413 g/mol. The van der Waals surface area contributed by atoms with E-state index in [0.29, 0.717) is 5.56 Å². The zero-order valence-electron chi connectivity index (χ0n) is 11.5. The van der Waals surface area contributed by atoms with Gasteiger partial charge in [-0.3, -0.25) is 4.90 Å². The largest absolute Gasteiger partial charge is 0.478 e. The van der Waals surface area contributed by atoms with E-state index < -0.39 is 5.97 Å². The molecule has 3 nitrogen and oxygen atoms in total. The minimum Gasteiger partial charge on any atom is -0.478 e. The van der Waals surface area contributed by atoms with Crippen LogP contribution in [0.25, 0.3) is 0 Å². The van der Waals surface area contributed by atoms with Crippen molar-refractivity contribution >= 4 is 37.8 Å². The molecule has 0 aliphatic carbocycles. The Labute approximate surface area is 140 Å². The smallest absolute Gasteiger partial charge is 0.335 e. The minimum absolute atomic E-state index is 0.318. The van der Waals surface area contributed by atoms with E-state index in [-0.39, 0.29) is 0 Å². The van der Waals surface area contributed by atoms with Gasteiger partial charge in [0.25, 0.3) is 0 Å².